The summed E-state index contributed by atoms with van der Waals surface area (Å²) in [6.45, 7) is 6.09. The molecule has 0 saturated carbocycles. The van der Waals surface area contributed by atoms with Gasteiger partial charge in [-0.2, -0.15) is 11.8 Å². The predicted octanol–water partition coefficient (Wildman–Crippen LogP) is 2.55. The SMILES string of the molecule is CN=C(NCCc1ccc(OC)c(OC)c1)NCC(C)(C)SC. The number of methoxy groups -OCH3 is 2. The average Bonchev–Trinajstić information content (AvgIpc) is 2.57. The van der Waals surface area contributed by atoms with Crippen molar-refractivity contribution in [1.29, 1.82) is 0 Å². The number of aliphatic imine (C=N–C) groups is 1. The van der Waals surface area contributed by atoms with E-state index in [0.717, 1.165) is 37.0 Å². The molecule has 130 valence electrons. The van der Waals surface area contributed by atoms with E-state index < -0.39 is 0 Å². The molecule has 0 radical (unpaired) electrons. The lowest BCUT2D eigenvalue weighted by Gasteiger charge is -2.23. The van der Waals surface area contributed by atoms with E-state index in [4.69, 9.17) is 9.47 Å². The molecule has 23 heavy (non-hydrogen) atoms. The van der Waals surface area contributed by atoms with Crippen molar-refractivity contribution in [2.45, 2.75) is 25.0 Å². The summed E-state index contributed by atoms with van der Waals surface area (Å²) in [5.74, 6) is 2.34. The van der Waals surface area contributed by atoms with Crippen LogP contribution in [-0.2, 0) is 6.42 Å². The molecule has 0 bridgehead atoms. The summed E-state index contributed by atoms with van der Waals surface area (Å²) in [6.07, 6.45) is 3.00. The highest BCUT2D eigenvalue weighted by molar-refractivity contribution is 7.99. The van der Waals surface area contributed by atoms with Gasteiger partial charge in [0.15, 0.2) is 17.5 Å². The molecule has 1 aromatic rings. The molecule has 2 N–H and O–H groups in total. The molecule has 0 saturated heterocycles. The molecule has 1 rings (SSSR count). The van der Waals surface area contributed by atoms with Crippen molar-refractivity contribution in [3.63, 3.8) is 0 Å². The summed E-state index contributed by atoms with van der Waals surface area (Å²) >= 11 is 1.84. The third kappa shape index (κ3) is 6.60. The molecule has 0 spiro atoms. The second kappa shape index (κ2) is 9.55. The van der Waals surface area contributed by atoms with Crippen LogP contribution in [0.4, 0.5) is 0 Å². The zero-order chi connectivity index (χ0) is 17.3. The van der Waals surface area contributed by atoms with Crippen molar-refractivity contribution in [1.82, 2.24) is 10.6 Å². The molecule has 6 heteroatoms. The van der Waals surface area contributed by atoms with Crippen LogP contribution in [0.5, 0.6) is 11.5 Å². The van der Waals surface area contributed by atoms with Gasteiger partial charge in [-0.05, 0) is 44.2 Å². The van der Waals surface area contributed by atoms with Gasteiger partial charge in [0, 0.05) is 24.9 Å². The minimum absolute atomic E-state index is 0.182. The van der Waals surface area contributed by atoms with E-state index in [2.05, 4.69) is 41.8 Å². The fraction of sp³-hybridized carbons (Fsp3) is 0.588. The van der Waals surface area contributed by atoms with E-state index in [1.54, 1.807) is 21.3 Å². The fourth-order valence-corrected chi connectivity index (χ4v) is 2.17. The lowest BCUT2D eigenvalue weighted by Crippen LogP contribution is -2.43. The fourth-order valence-electron chi connectivity index (χ4n) is 1.95. The second-order valence-corrected chi connectivity index (χ2v) is 7.27. The summed E-state index contributed by atoms with van der Waals surface area (Å²) < 4.78 is 10.8. The number of hydrogen-bond acceptors (Lipinski definition) is 4. The molecular weight excluding hydrogens is 310 g/mol. The smallest absolute Gasteiger partial charge is 0.191 e. The van der Waals surface area contributed by atoms with Gasteiger partial charge in [-0.1, -0.05) is 6.07 Å². The van der Waals surface area contributed by atoms with Gasteiger partial charge in [-0.3, -0.25) is 4.99 Å². The number of nitrogens with zero attached hydrogens (tertiary/aromatic N) is 1. The number of rotatable bonds is 8. The van der Waals surface area contributed by atoms with Crippen LogP contribution < -0.4 is 20.1 Å². The molecule has 0 heterocycles. The highest BCUT2D eigenvalue weighted by atomic mass is 32.2. The number of nitrogens with one attached hydrogen (secondary N) is 2. The minimum atomic E-state index is 0.182. The first-order chi connectivity index (χ1) is 11.0. The van der Waals surface area contributed by atoms with Gasteiger partial charge in [0.1, 0.15) is 0 Å². The molecule has 0 amide bonds. The van der Waals surface area contributed by atoms with Gasteiger partial charge >= 0.3 is 0 Å². The summed E-state index contributed by atoms with van der Waals surface area (Å²) in [6, 6.07) is 5.99. The van der Waals surface area contributed by atoms with Crippen LogP contribution in [0.15, 0.2) is 23.2 Å². The summed E-state index contributed by atoms with van der Waals surface area (Å²) in [4.78, 5) is 4.26. The Labute approximate surface area is 144 Å². The maximum absolute atomic E-state index is 5.33. The van der Waals surface area contributed by atoms with E-state index in [9.17, 15) is 0 Å². The topological polar surface area (TPSA) is 54.9 Å². The number of benzene rings is 1. The maximum Gasteiger partial charge on any atom is 0.191 e. The number of guanidine groups is 1. The summed E-state index contributed by atoms with van der Waals surface area (Å²) in [7, 11) is 5.09. The molecule has 0 aliphatic heterocycles. The number of ether oxygens (including phenoxy) is 2. The van der Waals surface area contributed by atoms with Crippen molar-refractivity contribution < 1.29 is 9.47 Å². The monoisotopic (exact) mass is 339 g/mol. The van der Waals surface area contributed by atoms with Crippen LogP contribution in [-0.4, -0.2) is 51.3 Å². The van der Waals surface area contributed by atoms with E-state index in [-0.39, 0.29) is 4.75 Å². The van der Waals surface area contributed by atoms with Gasteiger partial charge < -0.3 is 20.1 Å². The first-order valence-corrected chi connectivity index (χ1v) is 8.88. The van der Waals surface area contributed by atoms with E-state index >= 15 is 0 Å². The molecule has 0 atom stereocenters. The Morgan fingerprint density at radius 3 is 2.43 bits per heavy atom. The zero-order valence-corrected chi connectivity index (χ0v) is 15.8. The van der Waals surface area contributed by atoms with Crippen LogP contribution in [0.2, 0.25) is 0 Å². The van der Waals surface area contributed by atoms with Crippen molar-refractivity contribution >= 4 is 17.7 Å². The largest absolute Gasteiger partial charge is 0.493 e. The molecule has 0 aliphatic carbocycles. The van der Waals surface area contributed by atoms with Crippen molar-refractivity contribution in [3.8, 4) is 11.5 Å². The van der Waals surface area contributed by atoms with Gasteiger partial charge in [0.25, 0.3) is 0 Å². The van der Waals surface area contributed by atoms with Crippen molar-refractivity contribution in [2.24, 2.45) is 4.99 Å². The minimum Gasteiger partial charge on any atom is -0.493 e. The lowest BCUT2D eigenvalue weighted by atomic mass is 10.1. The standard InChI is InChI=1S/C17H29N3O2S/c1-17(2,23-6)12-20-16(18-3)19-10-9-13-7-8-14(21-4)15(11-13)22-5/h7-8,11H,9-10,12H2,1-6H3,(H2,18,19,20). The lowest BCUT2D eigenvalue weighted by molar-refractivity contribution is 0.354. The highest BCUT2D eigenvalue weighted by Crippen LogP contribution is 2.27. The average molecular weight is 340 g/mol. The molecule has 5 nitrogen and oxygen atoms in total. The Kier molecular flexibility index (Phi) is 8.09. The quantitative estimate of drug-likeness (QED) is 0.563. The van der Waals surface area contributed by atoms with Crippen molar-refractivity contribution in [3.05, 3.63) is 23.8 Å². The summed E-state index contributed by atoms with van der Waals surface area (Å²) in [5.41, 5.74) is 1.19. The molecule has 0 unspecified atom stereocenters. The second-order valence-electron chi connectivity index (χ2n) is 5.76. The molecule has 1 aromatic carbocycles. The Morgan fingerprint density at radius 1 is 1.17 bits per heavy atom. The van der Waals surface area contributed by atoms with E-state index in [1.807, 2.05) is 23.9 Å². The number of hydrogen-bond donors (Lipinski definition) is 2. The maximum atomic E-state index is 5.33. The van der Waals surface area contributed by atoms with Crippen LogP contribution in [0, 0.1) is 0 Å². The number of thioether (sulfide) groups is 1. The van der Waals surface area contributed by atoms with Crippen molar-refractivity contribution in [2.75, 3.05) is 40.6 Å². The Morgan fingerprint density at radius 2 is 1.87 bits per heavy atom. The third-order valence-electron chi connectivity index (χ3n) is 3.61. The normalized spacial score (nSPS) is 12.0. The molecular formula is C17H29N3O2S. The van der Waals surface area contributed by atoms with Crippen LogP contribution in [0.1, 0.15) is 19.4 Å². The first kappa shape index (κ1) is 19.5. The Hall–Kier alpha value is -1.56. The van der Waals surface area contributed by atoms with Gasteiger partial charge in [-0.15, -0.1) is 0 Å². The van der Waals surface area contributed by atoms with E-state index in [1.165, 1.54) is 5.56 Å². The first-order valence-electron chi connectivity index (χ1n) is 7.66. The highest BCUT2D eigenvalue weighted by Gasteiger charge is 2.16. The van der Waals surface area contributed by atoms with Crippen LogP contribution in [0.3, 0.4) is 0 Å². The van der Waals surface area contributed by atoms with Gasteiger partial charge in [-0.25, -0.2) is 0 Å². The van der Waals surface area contributed by atoms with E-state index in [0.29, 0.717) is 0 Å². The molecule has 0 aromatic heterocycles. The predicted molar refractivity (Wildman–Crippen MR) is 100 cm³/mol. The summed E-state index contributed by atoms with van der Waals surface area (Å²) in [5, 5.41) is 6.70. The Balaban J connectivity index is 2.49. The Bertz CT molecular complexity index is 519. The molecule has 0 aliphatic rings. The molecule has 0 fully saturated rings. The third-order valence-corrected chi connectivity index (χ3v) is 4.86. The zero-order valence-electron chi connectivity index (χ0n) is 15.0. The van der Waals surface area contributed by atoms with Crippen LogP contribution >= 0.6 is 11.8 Å². The van der Waals surface area contributed by atoms with Gasteiger partial charge in [0.2, 0.25) is 0 Å². The van der Waals surface area contributed by atoms with Crippen LogP contribution in [0.25, 0.3) is 0 Å². The van der Waals surface area contributed by atoms with Gasteiger partial charge in [0.05, 0.1) is 14.2 Å².